The maximum absolute atomic E-state index is 12.0. The van der Waals surface area contributed by atoms with Crippen LogP contribution < -0.4 is 5.32 Å². The maximum Gasteiger partial charge on any atom is 0.408 e. The van der Waals surface area contributed by atoms with Gasteiger partial charge in [0, 0.05) is 13.2 Å². The van der Waals surface area contributed by atoms with Gasteiger partial charge < -0.3 is 14.6 Å². The third kappa shape index (κ3) is 4.17. The predicted molar refractivity (Wildman–Crippen MR) is 76.8 cm³/mol. The number of alkyl carbamates (subject to hydrolysis) is 1. The molecule has 0 fully saturated rings. The first-order valence-electron chi connectivity index (χ1n) is 6.55. The van der Waals surface area contributed by atoms with Gasteiger partial charge in [-0.2, -0.15) is 0 Å². The number of benzene rings is 1. The van der Waals surface area contributed by atoms with Gasteiger partial charge in [0.2, 0.25) is 5.78 Å². The van der Waals surface area contributed by atoms with Gasteiger partial charge >= 0.3 is 6.09 Å². The minimum atomic E-state index is -0.692. The second kappa shape index (κ2) is 6.69. The van der Waals surface area contributed by atoms with Crippen LogP contribution in [-0.2, 0) is 18.4 Å². The van der Waals surface area contributed by atoms with Crippen LogP contribution in [0.15, 0.2) is 42.9 Å². The van der Waals surface area contributed by atoms with E-state index in [2.05, 4.69) is 10.3 Å². The first-order chi connectivity index (χ1) is 10.1. The lowest BCUT2D eigenvalue weighted by Gasteiger charge is -2.12. The Balaban J connectivity index is 1.83. The Bertz CT molecular complexity index is 622. The average Bonchev–Trinajstić information content (AvgIpc) is 2.92. The van der Waals surface area contributed by atoms with Crippen molar-refractivity contribution in [2.45, 2.75) is 19.6 Å². The smallest absolute Gasteiger partial charge is 0.408 e. The molecule has 0 bridgehead atoms. The molecule has 0 radical (unpaired) electrons. The quantitative estimate of drug-likeness (QED) is 0.853. The van der Waals surface area contributed by atoms with Crippen LogP contribution in [0, 0.1) is 0 Å². The van der Waals surface area contributed by atoms with Gasteiger partial charge in [-0.3, -0.25) is 4.79 Å². The van der Waals surface area contributed by atoms with Crippen molar-refractivity contribution in [1.82, 2.24) is 14.9 Å². The van der Waals surface area contributed by atoms with E-state index in [1.54, 1.807) is 24.7 Å². The van der Waals surface area contributed by atoms with E-state index >= 15 is 0 Å². The number of aromatic nitrogens is 2. The van der Waals surface area contributed by atoms with Crippen molar-refractivity contribution in [1.29, 1.82) is 0 Å². The normalized spacial score (nSPS) is 11.7. The molecule has 0 aliphatic carbocycles. The van der Waals surface area contributed by atoms with Crippen molar-refractivity contribution in [2.24, 2.45) is 7.05 Å². The topological polar surface area (TPSA) is 73.2 Å². The van der Waals surface area contributed by atoms with E-state index in [9.17, 15) is 9.59 Å². The summed E-state index contributed by atoms with van der Waals surface area (Å²) in [7, 11) is 1.77. The zero-order chi connectivity index (χ0) is 15.2. The molecular weight excluding hydrogens is 270 g/mol. The number of ketones is 1. The summed E-state index contributed by atoms with van der Waals surface area (Å²) in [5, 5.41) is 2.50. The highest BCUT2D eigenvalue weighted by Gasteiger charge is 2.19. The molecule has 1 amide bonds. The fourth-order valence-corrected chi connectivity index (χ4v) is 1.77. The molecule has 0 saturated carbocycles. The van der Waals surface area contributed by atoms with E-state index in [1.165, 1.54) is 6.33 Å². The number of carbonyl (C=O) groups excluding carboxylic acids is 2. The summed E-state index contributed by atoms with van der Waals surface area (Å²) in [6.45, 7) is 1.76. The lowest BCUT2D eigenvalue weighted by Crippen LogP contribution is -2.39. The molecule has 2 aromatic rings. The number of carbonyl (C=O) groups is 2. The second-order valence-electron chi connectivity index (χ2n) is 4.72. The molecule has 2 rings (SSSR count). The largest absolute Gasteiger partial charge is 0.445 e. The Morgan fingerprint density at radius 2 is 2.05 bits per heavy atom. The first-order valence-corrected chi connectivity index (χ1v) is 6.55. The molecule has 6 nitrogen and oxygen atoms in total. The first kappa shape index (κ1) is 14.8. The molecule has 0 unspecified atom stereocenters. The molecule has 21 heavy (non-hydrogen) atoms. The van der Waals surface area contributed by atoms with Crippen LogP contribution in [0.2, 0.25) is 0 Å². The van der Waals surface area contributed by atoms with Crippen LogP contribution in [0.25, 0.3) is 0 Å². The van der Waals surface area contributed by atoms with Gasteiger partial charge in [0.25, 0.3) is 0 Å². The molecule has 1 heterocycles. The van der Waals surface area contributed by atoms with Crippen LogP contribution >= 0.6 is 0 Å². The zero-order valence-corrected chi connectivity index (χ0v) is 11.9. The van der Waals surface area contributed by atoms with Crippen LogP contribution in [0.1, 0.15) is 23.0 Å². The summed E-state index contributed by atoms with van der Waals surface area (Å²) in [6, 6.07) is 8.64. The number of aryl methyl sites for hydroxylation is 1. The number of imidazole rings is 1. The zero-order valence-electron chi connectivity index (χ0n) is 11.9. The molecule has 0 spiro atoms. The summed E-state index contributed by atoms with van der Waals surface area (Å²) in [5.41, 5.74) is 1.20. The third-order valence-corrected chi connectivity index (χ3v) is 2.90. The fourth-order valence-electron chi connectivity index (χ4n) is 1.77. The van der Waals surface area contributed by atoms with Crippen molar-refractivity contribution >= 4 is 11.9 Å². The Morgan fingerprint density at radius 1 is 1.33 bits per heavy atom. The summed E-state index contributed by atoms with van der Waals surface area (Å²) in [4.78, 5) is 27.6. The van der Waals surface area contributed by atoms with Crippen LogP contribution in [0.3, 0.4) is 0 Å². The molecular formula is C15H17N3O3. The number of hydrogen-bond acceptors (Lipinski definition) is 4. The van der Waals surface area contributed by atoms with Crippen molar-refractivity contribution in [3.8, 4) is 0 Å². The molecule has 1 N–H and O–H groups in total. The summed E-state index contributed by atoms with van der Waals surface area (Å²) >= 11 is 0. The SMILES string of the molecule is C[C@H](NC(=O)OCc1ccccc1)C(=O)c1cn(C)cn1. The minimum absolute atomic E-state index is 0.164. The van der Waals surface area contributed by atoms with Crippen molar-refractivity contribution in [2.75, 3.05) is 0 Å². The second-order valence-corrected chi connectivity index (χ2v) is 4.72. The van der Waals surface area contributed by atoms with E-state index in [-0.39, 0.29) is 12.4 Å². The highest BCUT2D eigenvalue weighted by molar-refractivity contribution is 5.99. The van der Waals surface area contributed by atoms with Crippen molar-refractivity contribution < 1.29 is 14.3 Å². The third-order valence-electron chi connectivity index (χ3n) is 2.90. The Labute approximate surface area is 122 Å². The van der Waals surface area contributed by atoms with E-state index in [0.717, 1.165) is 5.56 Å². The molecule has 0 aliphatic rings. The van der Waals surface area contributed by atoms with Gasteiger partial charge in [0.1, 0.15) is 12.3 Å². The van der Waals surface area contributed by atoms with E-state index in [1.807, 2.05) is 30.3 Å². The van der Waals surface area contributed by atoms with Crippen molar-refractivity contribution in [3.05, 3.63) is 54.1 Å². The highest BCUT2D eigenvalue weighted by atomic mass is 16.5. The maximum atomic E-state index is 12.0. The number of rotatable bonds is 5. The molecule has 0 saturated heterocycles. The lowest BCUT2D eigenvalue weighted by molar-refractivity contribution is 0.0922. The predicted octanol–water partition coefficient (Wildman–Crippen LogP) is 1.92. The molecule has 6 heteroatoms. The summed E-state index contributed by atoms with van der Waals surface area (Å²) < 4.78 is 6.74. The Morgan fingerprint density at radius 3 is 2.67 bits per heavy atom. The van der Waals surface area contributed by atoms with Crippen LogP contribution in [-0.4, -0.2) is 27.5 Å². The Kier molecular flexibility index (Phi) is 4.71. The van der Waals surface area contributed by atoms with Gasteiger partial charge in [0.15, 0.2) is 0 Å². The molecule has 1 aromatic carbocycles. The lowest BCUT2D eigenvalue weighted by atomic mass is 10.2. The molecule has 110 valence electrons. The Hall–Kier alpha value is -2.63. The van der Waals surface area contributed by atoms with Gasteiger partial charge in [-0.1, -0.05) is 30.3 Å². The van der Waals surface area contributed by atoms with Gasteiger partial charge in [-0.05, 0) is 12.5 Å². The average molecular weight is 287 g/mol. The van der Waals surface area contributed by atoms with Crippen LogP contribution in [0.5, 0.6) is 0 Å². The number of Topliss-reactive ketones (excluding diaryl/α,β-unsaturated/α-hetero) is 1. The summed E-state index contributed by atoms with van der Waals surface area (Å²) in [5.74, 6) is -0.257. The highest BCUT2D eigenvalue weighted by Crippen LogP contribution is 2.03. The van der Waals surface area contributed by atoms with E-state index in [0.29, 0.717) is 5.69 Å². The van der Waals surface area contributed by atoms with Gasteiger partial charge in [-0.25, -0.2) is 9.78 Å². The molecule has 1 atom stereocenters. The number of amides is 1. The monoisotopic (exact) mass is 287 g/mol. The number of nitrogens with one attached hydrogen (secondary N) is 1. The standard InChI is InChI=1S/C15H17N3O3/c1-11(14(19)13-8-18(2)10-16-13)17-15(20)21-9-12-6-4-3-5-7-12/h3-8,10-11H,9H2,1-2H3,(H,17,20)/t11-/m0/s1. The molecule has 0 aliphatic heterocycles. The summed E-state index contributed by atoms with van der Waals surface area (Å²) in [6.07, 6.45) is 2.51. The fraction of sp³-hybridized carbons (Fsp3) is 0.267. The van der Waals surface area contributed by atoms with Crippen molar-refractivity contribution in [3.63, 3.8) is 0 Å². The number of nitrogens with zero attached hydrogens (tertiary/aromatic N) is 2. The van der Waals surface area contributed by atoms with Crippen LogP contribution in [0.4, 0.5) is 4.79 Å². The molecule has 1 aromatic heterocycles. The number of hydrogen-bond donors (Lipinski definition) is 1. The van der Waals surface area contributed by atoms with E-state index in [4.69, 9.17) is 4.74 Å². The van der Waals surface area contributed by atoms with Gasteiger partial charge in [0.05, 0.1) is 12.4 Å². The van der Waals surface area contributed by atoms with Gasteiger partial charge in [-0.15, -0.1) is 0 Å². The minimum Gasteiger partial charge on any atom is -0.445 e. The number of ether oxygens (including phenoxy) is 1. The van der Waals surface area contributed by atoms with E-state index < -0.39 is 12.1 Å².